The Bertz CT molecular complexity index is 1050. The summed E-state index contributed by atoms with van der Waals surface area (Å²) >= 11 is 6.79. The monoisotopic (exact) mass is 586 g/mol. The first-order chi connectivity index (χ1) is 16.5. The maximum atomic E-state index is 12.8. The van der Waals surface area contributed by atoms with Gasteiger partial charge in [-0.1, -0.05) is 75.4 Å². The van der Waals surface area contributed by atoms with E-state index in [9.17, 15) is 9.59 Å². The normalized spacial score (nSPS) is 22.4. The van der Waals surface area contributed by atoms with Gasteiger partial charge in [0, 0.05) is 20.3 Å². The third-order valence-corrected chi connectivity index (χ3v) is 7.98. The Labute approximate surface area is 217 Å². The Kier molecular flexibility index (Phi) is 8.43. The molecule has 2 aromatic carbocycles. The van der Waals surface area contributed by atoms with E-state index >= 15 is 0 Å². The molecule has 34 heavy (non-hydrogen) atoms. The molecule has 0 bridgehead atoms. The van der Waals surface area contributed by atoms with Gasteiger partial charge in [-0.05, 0) is 67.3 Å². The summed E-state index contributed by atoms with van der Waals surface area (Å²) in [5.74, 6) is -0.398. The van der Waals surface area contributed by atoms with Crippen LogP contribution < -0.4 is 0 Å². The number of ether oxygens (including phenoxy) is 2. The van der Waals surface area contributed by atoms with Crippen LogP contribution in [0, 0.1) is 17.3 Å². The van der Waals surface area contributed by atoms with Crippen molar-refractivity contribution in [3.63, 3.8) is 0 Å². The van der Waals surface area contributed by atoms with Crippen LogP contribution in [-0.4, -0.2) is 25.2 Å². The van der Waals surface area contributed by atoms with Crippen molar-refractivity contribution in [2.45, 2.75) is 32.1 Å². The minimum Gasteiger partial charge on any atom is -0.461 e. The highest BCUT2D eigenvalue weighted by Gasteiger charge is 2.45. The fraction of sp³-hybridized carbons (Fsp3) is 0.357. The minimum atomic E-state index is -0.403. The molecule has 4 rings (SSSR count). The van der Waals surface area contributed by atoms with Crippen LogP contribution in [0.15, 0.2) is 81.8 Å². The van der Waals surface area contributed by atoms with Gasteiger partial charge in [-0.3, -0.25) is 0 Å². The van der Waals surface area contributed by atoms with Crippen molar-refractivity contribution in [3.05, 3.63) is 92.9 Å². The van der Waals surface area contributed by atoms with Gasteiger partial charge in [0.2, 0.25) is 0 Å². The highest BCUT2D eigenvalue weighted by atomic mass is 79.9. The Balaban J connectivity index is 1.51. The number of halogens is 2. The number of hydrogen-bond acceptors (Lipinski definition) is 4. The number of carbonyl (C=O) groups excluding carboxylic acids is 2. The van der Waals surface area contributed by atoms with E-state index in [1.807, 2.05) is 36.4 Å². The molecule has 0 amide bonds. The molecule has 0 saturated heterocycles. The molecule has 0 spiro atoms. The molecule has 4 nitrogen and oxygen atoms in total. The Morgan fingerprint density at radius 1 is 0.794 bits per heavy atom. The summed E-state index contributed by atoms with van der Waals surface area (Å²) < 4.78 is 13.5. The quantitative estimate of drug-likeness (QED) is 0.314. The van der Waals surface area contributed by atoms with E-state index in [1.165, 1.54) is 6.42 Å². The van der Waals surface area contributed by atoms with E-state index in [0.717, 1.165) is 34.6 Å². The number of hydrogen-bond donors (Lipinski definition) is 0. The zero-order valence-electron chi connectivity index (χ0n) is 18.9. The van der Waals surface area contributed by atoms with Gasteiger partial charge in [0.25, 0.3) is 0 Å². The van der Waals surface area contributed by atoms with Gasteiger partial charge >= 0.3 is 11.9 Å². The van der Waals surface area contributed by atoms with Gasteiger partial charge in [-0.25, -0.2) is 9.59 Å². The molecule has 0 unspecified atom stereocenters. The van der Waals surface area contributed by atoms with Crippen molar-refractivity contribution in [2.75, 3.05) is 13.2 Å². The highest BCUT2D eigenvalue weighted by molar-refractivity contribution is 9.10. The lowest BCUT2D eigenvalue weighted by molar-refractivity contribution is -0.0138. The molecule has 0 heterocycles. The van der Waals surface area contributed by atoms with Gasteiger partial charge < -0.3 is 9.47 Å². The van der Waals surface area contributed by atoms with Crippen LogP contribution in [0.3, 0.4) is 0 Å². The second-order valence-corrected chi connectivity index (χ2v) is 10.8. The molecular weight excluding hydrogens is 560 g/mol. The molecule has 0 radical (unpaired) electrons. The van der Waals surface area contributed by atoms with E-state index in [-0.39, 0.29) is 31.1 Å². The van der Waals surface area contributed by atoms with Crippen molar-refractivity contribution in [1.82, 2.24) is 0 Å². The van der Waals surface area contributed by atoms with Gasteiger partial charge in [0.05, 0.1) is 17.7 Å². The molecule has 2 aromatic rings. The minimum absolute atomic E-state index is 0.0716. The number of rotatable bonds is 7. The summed E-state index contributed by atoms with van der Waals surface area (Å²) in [6.07, 6.45) is 14.0. The first-order valence-corrected chi connectivity index (χ1v) is 13.3. The first kappa shape index (κ1) is 24.9. The van der Waals surface area contributed by atoms with E-state index in [1.54, 1.807) is 24.3 Å². The lowest BCUT2D eigenvalue weighted by Gasteiger charge is -2.45. The van der Waals surface area contributed by atoms with Gasteiger partial charge in [-0.2, -0.15) is 0 Å². The van der Waals surface area contributed by atoms with Crippen LogP contribution >= 0.6 is 31.9 Å². The summed E-state index contributed by atoms with van der Waals surface area (Å²) in [5.41, 5.74) is 0.638. The van der Waals surface area contributed by atoms with Crippen LogP contribution in [0.25, 0.3) is 0 Å². The summed E-state index contributed by atoms with van der Waals surface area (Å²) in [4.78, 5) is 25.5. The zero-order chi connectivity index (χ0) is 24.0. The molecule has 2 atom stereocenters. The van der Waals surface area contributed by atoms with E-state index < -0.39 is 5.41 Å². The number of allylic oxidation sites excluding steroid dienone is 2. The third kappa shape index (κ3) is 5.89. The lowest BCUT2D eigenvalue weighted by atomic mass is 9.61. The number of benzene rings is 2. The lowest BCUT2D eigenvalue weighted by Crippen LogP contribution is -2.44. The fourth-order valence-corrected chi connectivity index (χ4v) is 5.52. The molecule has 6 heteroatoms. The van der Waals surface area contributed by atoms with Crippen LogP contribution in [0.5, 0.6) is 0 Å². The molecule has 0 aliphatic heterocycles. The van der Waals surface area contributed by atoms with Gasteiger partial charge in [0.1, 0.15) is 6.61 Å². The maximum Gasteiger partial charge on any atom is 0.338 e. The highest BCUT2D eigenvalue weighted by Crippen LogP contribution is 2.47. The van der Waals surface area contributed by atoms with E-state index in [4.69, 9.17) is 9.47 Å². The molecule has 2 aliphatic rings. The topological polar surface area (TPSA) is 52.6 Å². The standard InChI is InChI=1S/C28H28Br2O4/c29-24-13-9-20(10-14-24)26(31)33-18-23-8-4-5-17-28(23,22-6-2-1-3-7-22)19-34-27(32)21-11-15-25(30)16-12-21/h4-5,8-17,22-23H,1-3,6-7,18-19H2/t23-,28-/m1/s1. The summed E-state index contributed by atoms with van der Waals surface area (Å²) in [7, 11) is 0. The molecule has 0 N–H and O–H groups in total. The average molecular weight is 588 g/mol. The molecular formula is C28H28Br2O4. The molecule has 0 aromatic heterocycles. The van der Waals surface area contributed by atoms with Crippen LogP contribution in [-0.2, 0) is 9.47 Å². The predicted molar refractivity (Wildman–Crippen MR) is 140 cm³/mol. The SMILES string of the molecule is O=C(OC[C@H]1C=CC=C[C@@]1(COC(=O)c1ccc(Br)cc1)C1CCCCC1)c1ccc(Br)cc1. The zero-order valence-corrected chi connectivity index (χ0v) is 22.1. The molecule has 2 aliphatic carbocycles. The number of esters is 2. The second kappa shape index (κ2) is 11.5. The fourth-order valence-electron chi connectivity index (χ4n) is 4.99. The third-order valence-electron chi connectivity index (χ3n) is 6.92. The Hall–Kier alpha value is -2.18. The molecule has 1 fully saturated rings. The smallest absolute Gasteiger partial charge is 0.338 e. The van der Waals surface area contributed by atoms with Crippen LogP contribution in [0.2, 0.25) is 0 Å². The maximum absolute atomic E-state index is 12.8. The Morgan fingerprint density at radius 2 is 1.35 bits per heavy atom. The first-order valence-electron chi connectivity index (χ1n) is 11.7. The largest absolute Gasteiger partial charge is 0.461 e. The number of carbonyl (C=O) groups is 2. The Morgan fingerprint density at radius 3 is 1.94 bits per heavy atom. The second-order valence-electron chi connectivity index (χ2n) is 8.99. The van der Waals surface area contributed by atoms with Gasteiger partial charge in [-0.15, -0.1) is 0 Å². The van der Waals surface area contributed by atoms with Crippen molar-refractivity contribution < 1.29 is 19.1 Å². The van der Waals surface area contributed by atoms with Crippen molar-refractivity contribution in [2.24, 2.45) is 17.3 Å². The van der Waals surface area contributed by atoms with Crippen molar-refractivity contribution in [3.8, 4) is 0 Å². The summed E-state index contributed by atoms with van der Waals surface area (Å²) in [6, 6.07) is 14.3. The van der Waals surface area contributed by atoms with Gasteiger partial charge in [0.15, 0.2) is 0 Å². The summed E-state index contributed by atoms with van der Waals surface area (Å²) in [5, 5.41) is 0. The average Bonchev–Trinajstić information content (AvgIpc) is 2.87. The molecule has 178 valence electrons. The van der Waals surface area contributed by atoms with Crippen LogP contribution in [0.1, 0.15) is 52.8 Å². The van der Waals surface area contributed by atoms with E-state index in [0.29, 0.717) is 17.0 Å². The molecule has 1 saturated carbocycles. The van der Waals surface area contributed by atoms with Crippen LogP contribution in [0.4, 0.5) is 0 Å². The van der Waals surface area contributed by atoms with Crippen molar-refractivity contribution in [1.29, 1.82) is 0 Å². The summed E-state index contributed by atoms with van der Waals surface area (Å²) in [6.45, 7) is 0.496. The van der Waals surface area contributed by atoms with E-state index in [2.05, 4.69) is 44.0 Å². The van der Waals surface area contributed by atoms with Crippen molar-refractivity contribution >= 4 is 43.8 Å². The predicted octanol–water partition coefficient (Wildman–Crippen LogP) is 7.53.